The van der Waals surface area contributed by atoms with E-state index in [0.29, 0.717) is 12.0 Å². The summed E-state index contributed by atoms with van der Waals surface area (Å²) in [6, 6.07) is 7.42. The largest absolute Gasteiger partial charge is 0.417 e. The van der Waals surface area contributed by atoms with Crippen LogP contribution in [0.3, 0.4) is 0 Å². The summed E-state index contributed by atoms with van der Waals surface area (Å²) in [4.78, 5) is 5.12. The molecular weight excluding hydrogens is 408 g/mol. The number of alkyl halides is 6. The first-order valence-electron chi connectivity index (χ1n) is 8.24. The van der Waals surface area contributed by atoms with E-state index in [1.807, 2.05) is 0 Å². The number of nitrogens with zero attached hydrogens (tertiary/aromatic N) is 1. The van der Waals surface area contributed by atoms with Crippen LogP contribution in [0.15, 0.2) is 47.6 Å². The number of benzene rings is 2. The van der Waals surface area contributed by atoms with Gasteiger partial charge in [-0.05, 0) is 42.3 Å². The molecule has 0 aliphatic rings. The van der Waals surface area contributed by atoms with Gasteiger partial charge in [-0.1, -0.05) is 42.2 Å². The van der Waals surface area contributed by atoms with Crippen molar-refractivity contribution >= 4 is 17.3 Å². The van der Waals surface area contributed by atoms with Gasteiger partial charge in [-0.3, -0.25) is 0 Å². The van der Waals surface area contributed by atoms with Gasteiger partial charge in [0.25, 0.3) is 0 Å². The molecule has 9 heteroatoms. The van der Waals surface area contributed by atoms with Gasteiger partial charge in [0, 0.05) is 10.6 Å². The Labute approximate surface area is 162 Å². The lowest BCUT2D eigenvalue weighted by Crippen LogP contribution is -2.14. The quantitative estimate of drug-likeness (QED) is 0.276. The van der Waals surface area contributed by atoms with Crippen LogP contribution in [-0.4, -0.2) is 5.71 Å². The minimum atomic E-state index is -4.60. The average Bonchev–Trinajstić information content (AvgIpc) is 2.59. The predicted octanol–water partition coefficient (Wildman–Crippen LogP) is 7.10. The fourth-order valence-corrected chi connectivity index (χ4v) is 2.62. The summed E-state index contributed by atoms with van der Waals surface area (Å²) in [7, 11) is 0. The van der Waals surface area contributed by atoms with Crippen molar-refractivity contribution in [3.63, 3.8) is 0 Å². The van der Waals surface area contributed by atoms with Gasteiger partial charge in [-0.15, -0.1) is 0 Å². The zero-order valence-corrected chi connectivity index (χ0v) is 15.4. The van der Waals surface area contributed by atoms with Crippen LogP contribution in [0.5, 0.6) is 0 Å². The third-order valence-electron chi connectivity index (χ3n) is 3.77. The van der Waals surface area contributed by atoms with Gasteiger partial charge in [0.05, 0.1) is 16.8 Å². The van der Waals surface area contributed by atoms with E-state index >= 15 is 0 Å². The molecule has 0 saturated heterocycles. The monoisotopic (exact) mass is 423 g/mol. The number of hydrogen-bond acceptors (Lipinski definition) is 2. The van der Waals surface area contributed by atoms with Gasteiger partial charge >= 0.3 is 12.4 Å². The summed E-state index contributed by atoms with van der Waals surface area (Å²) in [5.41, 5.74) is -1.42. The molecule has 0 aromatic heterocycles. The highest BCUT2D eigenvalue weighted by Gasteiger charge is 2.34. The molecule has 0 saturated carbocycles. The molecule has 0 aliphatic heterocycles. The molecule has 2 rings (SSSR count). The van der Waals surface area contributed by atoms with Crippen molar-refractivity contribution in [2.45, 2.75) is 38.7 Å². The Kier molecular flexibility index (Phi) is 6.98. The summed E-state index contributed by atoms with van der Waals surface area (Å²) < 4.78 is 77.5. The number of oxime groups is 1. The number of rotatable bonds is 6. The molecule has 0 atom stereocenters. The fraction of sp³-hybridized carbons (Fsp3) is 0.316. The van der Waals surface area contributed by atoms with Crippen molar-refractivity contribution in [2.24, 2.45) is 5.16 Å². The lowest BCUT2D eigenvalue weighted by Gasteiger charge is -2.14. The van der Waals surface area contributed by atoms with Crippen LogP contribution in [0.25, 0.3) is 0 Å². The second kappa shape index (κ2) is 8.86. The molecule has 2 nitrogen and oxygen atoms in total. The van der Waals surface area contributed by atoms with Crippen LogP contribution in [0, 0.1) is 0 Å². The van der Waals surface area contributed by atoms with Crippen LogP contribution in [0.2, 0.25) is 5.02 Å². The molecule has 0 N–H and O–H groups in total. The Bertz CT molecular complexity index is 828. The second-order valence-corrected chi connectivity index (χ2v) is 6.38. The van der Waals surface area contributed by atoms with E-state index in [4.69, 9.17) is 16.4 Å². The van der Waals surface area contributed by atoms with E-state index in [1.165, 1.54) is 18.2 Å². The summed E-state index contributed by atoms with van der Waals surface area (Å²) in [6.45, 7) is 1.58. The average molecular weight is 424 g/mol. The normalized spacial score (nSPS) is 12.9. The van der Waals surface area contributed by atoms with Crippen molar-refractivity contribution in [1.82, 2.24) is 0 Å². The highest BCUT2D eigenvalue weighted by Crippen LogP contribution is 2.34. The standard InChI is InChI=1S/C19H16ClF6NO/c1-2-3-17(15-10-14(20)8-9-16(15)19(24,25)26)27-28-11-12-4-6-13(7-5-12)18(21,22)23/h4-10H,2-3,11H2,1H3/b27-17+. The molecule has 0 aliphatic carbocycles. The number of halogens is 7. The summed E-state index contributed by atoms with van der Waals surface area (Å²) >= 11 is 5.84. The minimum Gasteiger partial charge on any atom is -0.391 e. The van der Waals surface area contributed by atoms with Gasteiger partial charge < -0.3 is 4.84 Å². The van der Waals surface area contributed by atoms with E-state index in [-0.39, 0.29) is 29.3 Å². The molecular formula is C19H16ClF6NO. The van der Waals surface area contributed by atoms with Crippen LogP contribution in [-0.2, 0) is 23.8 Å². The van der Waals surface area contributed by atoms with Crippen LogP contribution < -0.4 is 0 Å². The highest BCUT2D eigenvalue weighted by atomic mass is 35.5. The summed E-state index contributed by atoms with van der Waals surface area (Å²) in [5.74, 6) is 0. The first-order valence-corrected chi connectivity index (χ1v) is 8.62. The molecule has 0 radical (unpaired) electrons. The Morgan fingerprint density at radius 2 is 1.61 bits per heavy atom. The van der Waals surface area contributed by atoms with Crippen LogP contribution in [0.4, 0.5) is 26.3 Å². The zero-order valence-electron chi connectivity index (χ0n) is 14.7. The minimum absolute atomic E-state index is 0.0595. The summed E-state index contributed by atoms with van der Waals surface area (Å²) in [5, 5.41) is 3.92. The molecule has 2 aromatic carbocycles. The topological polar surface area (TPSA) is 21.6 Å². The van der Waals surface area contributed by atoms with E-state index in [0.717, 1.165) is 24.3 Å². The Balaban J connectivity index is 2.23. The molecule has 28 heavy (non-hydrogen) atoms. The molecule has 0 heterocycles. The van der Waals surface area contributed by atoms with E-state index in [1.54, 1.807) is 6.92 Å². The Morgan fingerprint density at radius 3 is 2.14 bits per heavy atom. The van der Waals surface area contributed by atoms with Crippen LogP contribution >= 0.6 is 11.6 Å². The smallest absolute Gasteiger partial charge is 0.391 e. The predicted molar refractivity (Wildman–Crippen MR) is 94.1 cm³/mol. The SMILES string of the molecule is CCC/C(=N\OCc1ccc(C(F)(F)F)cc1)c1cc(Cl)ccc1C(F)(F)F. The highest BCUT2D eigenvalue weighted by molar-refractivity contribution is 6.31. The van der Waals surface area contributed by atoms with Crippen molar-refractivity contribution in [2.75, 3.05) is 0 Å². The number of hydrogen-bond donors (Lipinski definition) is 0. The maximum atomic E-state index is 13.3. The Hall–Kier alpha value is -2.22. The second-order valence-electron chi connectivity index (χ2n) is 5.94. The van der Waals surface area contributed by atoms with Crippen LogP contribution in [0.1, 0.15) is 42.0 Å². The molecule has 0 spiro atoms. The van der Waals surface area contributed by atoms with Gasteiger partial charge in [0.15, 0.2) is 0 Å². The van der Waals surface area contributed by atoms with Crippen molar-refractivity contribution in [3.05, 3.63) is 69.7 Å². The molecule has 0 bridgehead atoms. The fourth-order valence-electron chi connectivity index (χ4n) is 2.44. The van der Waals surface area contributed by atoms with E-state index in [9.17, 15) is 26.3 Å². The maximum Gasteiger partial charge on any atom is 0.417 e. The first-order chi connectivity index (χ1) is 13.0. The summed E-state index contributed by atoms with van der Waals surface area (Å²) in [6.07, 6.45) is -8.34. The molecule has 2 aromatic rings. The third kappa shape index (κ3) is 5.89. The van der Waals surface area contributed by atoms with Crippen molar-refractivity contribution in [1.29, 1.82) is 0 Å². The molecule has 152 valence electrons. The van der Waals surface area contributed by atoms with Gasteiger partial charge in [-0.25, -0.2) is 0 Å². The third-order valence-corrected chi connectivity index (χ3v) is 4.01. The Morgan fingerprint density at radius 1 is 0.964 bits per heavy atom. The lowest BCUT2D eigenvalue weighted by atomic mass is 9.99. The van der Waals surface area contributed by atoms with E-state index < -0.39 is 23.5 Å². The van der Waals surface area contributed by atoms with Gasteiger partial charge in [0.2, 0.25) is 0 Å². The molecule has 0 unspecified atom stereocenters. The maximum absolute atomic E-state index is 13.3. The van der Waals surface area contributed by atoms with Gasteiger partial charge in [-0.2, -0.15) is 26.3 Å². The lowest BCUT2D eigenvalue weighted by molar-refractivity contribution is -0.138. The molecule has 0 fully saturated rings. The molecule has 0 amide bonds. The first kappa shape index (κ1) is 22.1. The zero-order chi connectivity index (χ0) is 20.9. The van der Waals surface area contributed by atoms with Crippen molar-refractivity contribution in [3.8, 4) is 0 Å². The van der Waals surface area contributed by atoms with Crippen molar-refractivity contribution < 1.29 is 31.2 Å². The van der Waals surface area contributed by atoms with E-state index in [2.05, 4.69) is 5.16 Å². The van der Waals surface area contributed by atoms with Gasteiger partial charge in [0.1, 0.15) is 6.61 Å².